The van der Waals surface area contributed by atoms with Crippen LogP contribution in [-0.4, -0.2) is 9.78 Å². The zero-order chi connectivity index (χ0) is 12.7. The summed E-state index contributed by atoms with van der Waals surface area (Å²) in [6, 6.07) is 7.17. The SMILES string of the molecule is CC1CCC(n2ncc3ccc(I)cc32)CC1C. The molecule has 3 rings (SSSR count). The van der Waals surface area contributed by atoms with E-state index in [-0.39, 0.29) is 0 Å². The molecule has 3 atom stereocenters. The molecule has 0 amide bonds. The van der Waals surface area contributed by atoms with E-state index in [1.165, 1.54) is 33.7 Å². The molecule has 1 aliphatic carbocycles. The zero-order valence-electron chi connectivity index (χ0n) is 10.9. The lowest BCUT2D eigenvalue weighted by Crippen LogP contribution is -2.23. The molecule has 96 valence electrons. The third kappa shape index (κ3) is 2.17. The van der Waals surface area contributed by atoms with E-state index in [9.17, 15) is 0 Å². The van der Waals surface area contributed by atoms with E-state index < -0.39 is 0 Å². The molecule has 0 bridgehead atoms. The standard InChI is InChI=1S/C15H19IN2/c1-10-3-6-14(7-11(10)2)18-15-8-13(16)5-4-12(15)9-17-18/h4-5,8-11,14H,3,6-7H2,1-2H3. The number of nitrogens with zero attached hydrogens (tertiary/aromatic N) is 2. The van der Waals surface area contributed by atoms with Gasteiger partial charge in [-0.3, -0.25) is 4.68 Å². The number of aromatic nitrogens is 2. The van der Waals surface area contributed by atoms with E-state index in [1.807, 2.05) is 6.20 Å². The Morgan fingerprint density at radius 2 is 2.06 bits per heavy atom. The minimum absolute atomic E-state index is 0.590. The number of halogens is 1. The molecule has 2 aromatic rings. The van der Waals surface area contributed by atoms with Gasteiger partial charge in [-0.05, 0) is 65.8 Å². The van der Waals surface area contributed by atoms with Crippen molar-refractivity contribution >= 4 is 33.5 Å². The predicted molar refractivity (Wildman–Crippen MR) is 83.7 cm³/mol. The van der Waals surface area contributed by atoms with Crippen molar-refractivity contribution in [2.24, 2.45) is 11.8 Å². The van der Waals surface area contributed by atoms with E-state index in [0.717, 1.165) is 11.8 Å². The van der Waals surface area contributed by atoms with Gasteiger partial charge in [0.2, 0.25) is 0 Å². The van der Waals surface area contributed by atoms with Crippen LogP contribution in [0.4, 0.5) is 0 Å². The van der Waals surface area contributed by atoms with Gasteiger partial charge >= 0.3 is 0 Å². The summed E-state index contributed by atoms with van der Waals surface area (Å²) in [6.45, 7) is 4.76. The summed E-state index contributed by atoms with van der Waals surface area (Å²) < 4.78 is 3.55. The number of benzene rings is 1. The summed E-state index contributed by atoms with van der Waals surface area (Å²) in [4.78, 5) is 0. The first-order valence-electron chi connectivity index (χ1n) is 6.78. The minimum atomic E-state index is 0.590. The van der Waals surface area contributed by atoms with Gasteiger partial charge in [0.25, 0.3) is 0 Å². The Balaban J connectivity index is 1.97. The molecule has 3 unspecified atom stereocenters. The second-order valence-corrected chi connectivity index (χ2v) is 6.96. The fourth-order valence-corrected chi connectivity index (χ4v) is 3.52. The largest absolute Gasteiger partial charge is 0.262 e. The van der Waals surface area contributed by atoms with E-state index in [4.69, 9.17) is 0 Å². The average Bonchev–Trinajstić information content (AvgIpc) is 2.75. The smallest absolute Gasteiger partial charge is 0.0696 e. The van der Waals surface area contributed by atoms with Crippen LogP contribution >= 0.6 is 22.6 Å². The van der Waals surface area contributed by atoms with Crippen molar-refractivity contribution in [3.8, 4) is 0 Å². The highest BCUT2D eigenvalue weighted by molar-refractivity contribution is 14.1. The maximum atomic E-state index is 4.63. The first kappa shape index (κ1) is 12.5. The van der Waals surface area contributed by atoms with Crippen molar-refractivity contribution in [2.45, 2.75) is 39.2 Å². The lowest BCUT2D eigenvalue weighted by Gasteiger charge is -2.32. The summed E-state index contributed by atoms with van der Waals surface area (Å²) in [7, 11) is 0. The normalized spacial score (nSPS) is 28.7. The third-order valence-electron chi connectivity index (χ3n) is 4.48. The molecular weight excluding hydrogens is 335 g/mol. The number of rotatable bonds is 1. The Morgan fingerprint density at radius 1 is 1.22 bits per heavy atom. The molecule has 1 saturated carbocycles. The van der Waals surface area contributed by atoms with Crippen LogP contribution in [0.3, 0.4) is 0 Å². The van der Waals surface area contributed by atoms with Gasteiger partial charge < -0.3 is 0 Å². The Labute approximate surface area is 122 Å². The van der Waals surface area contributed by atoms with Gasteiger partial charge in [-0.25, -0.2) is 0 Å². The lowest BCUT2D eigenvalue weighted by molar-refractivity contribution is 0.204. The van der Waals surface area contributed by atoms with Crippen molar-refractivity contribution in [3.63, 3.8) is 0 Å². The minimum Gasteiger partial charge on any atom is -0.262 e. The van der Waals surface area contributed by atoms with Gasteiger partial charge in [-0.15, -0.1) is 0 Å². The van der Waals surface area contributed by atoms with Crippen molar-refractivity contribution in [3.05, 3.63) is 28.0 Å². The number of hydrogen-bond donors (Lipinski definition) is 0. The molecule has 1 fully saturated rings. The predicted octanol–water partition coefficient (Wildman–Crippen LogP) is 4.64. The summed E-state index contributed by atoms with van der Waals surface area (Å²) in [5.41, 5.74) is 1.30. The fourth-order valence-electron chi connectivity index (χ4n) is 3.04. The van der Waals surface area contributed by atoms with Crippen LogP contribution in [0.2, 0.25) is 0 Å². The van der Waals surface area contributed by atoms with Crippen molar-refractivity contribution in [1.29, 1.82) is 0 Å². The molecule has 0 radical (unpaired) electrons. The Morgan fingerprint density at radius 3 is 2.83 bits per heavy atom. The Bertz CT molecular complexity index is 561. The topological polar surface area (TPSA) is 17.8 Å². The second kappa shape index (κ2) is 4.83. The Hall–Kier alpha value is -0.580. The summed E-state index contributed by atoms with van der Waals surface area (Å²) >= 11 is 2.38. The molecule has 1 heterocycles. The monoisotopic (exact) mass is 354 g/mol. The first-order chi connectivity index (χ1) is 8.65. The third-order valence-corrected chi connectivity index (χ3v) is 5.15. The highest BCUT2D eigenvalue weighted by Gasteiger charge is 2.26. The van der Waals surface area contributed by atoms with Gasteiger partial charge in [0, 0.05) is 8.96 Å². The first-order valence-corrected chi connectivity index (χ1v) is 7.86. The molecule has 1 aromatic carbocycles. The van der Waals surface area contributed by atoms with E-state index in [1.54, 1.807) is 0 Å². The highest BCUT2D eigenvalue weighted by atomic mass is 127. The molecule has 0 aliphatic heterocycles. The van der Waals surface area contributed by atoms with Gasteiger partial charge in [0.15, 0.2) is 0 Å². The maximum Gasteiger partial charge on any atom is 0.0696 e. The Kier molecular flexibility index (Phi) is 3.34. The van der Waals surface area contributed by atoms with Crippen LogP contribution in [0.15, 0.2) is 24.4 Å². The average molecular weight is 354 g/mol. The summed E-state index contributed by atoms with van der Waals surface area (Å²) in [5.74, 6) is 1.67. The highest BCUT2D eigenvalue weighted by Crippen LogP contribution is 2.37. The van der Waals surface area contributed by atoms with Crippen LogP contribution in [0, 0.1) is 15.4 Å². The van der Waals surface area contributed by atoms with E-state index >= 15 is 0 Å². The molecule has 0 saturated heterocycles. The van der Waals surface area contributed by atoms with Gasteiger partial charge in [-0.1, -0.05) is 19.9 Å². The van der Waals surface area contributed by atoms with Crippen LogP contribution < -0.4 is 0 Å². The fraction of sp³-hybridized carbons (Fsp3) is 0.533. The molecular formula is C15H19IN2. The second-order valence-electron chi connectivity index (χ2n) is 5.71. The van der Waals surface area contributed by atoms with Gasteiger partial charge in [0.05, 0.1) is 17.8 Å². The summed E-state index contributed by atoms with van der Waals surface area (Å²) in [6.07, 6.45) is 5.88. The molecule has 0 N–H and O–H groups in total. The van der Waals surface area contributed by atoms with Crippen LogP contribution in [0.25, 0.3) is 10.9 Å². The molecule has 1 aromatic heterocycles. The van der Waals surface area contributed by atoms with Crippen molar-refractivity contribution in [2.75, 3.05) is 0 Å². The van der Waals surface area contributed by atoms with Gasteiger partial charge in [0.1, 0.15) is 0 Å². The lowest BCUT2D eigenvalue weighted by atomic mass is 9.79. The van der Waals surface area contributed by atoms with Crippen LogP contribution in [0.5, 0.6) is 0 Å². The van der Waals surface area contributed by atoms with Crippen molar-refractivity contribution < 1.29 is 0 Å². The number of hydrogen-bond acceptors (Lipinski definition) is 1. The van der Waals surface area contributed by atoms with Crippen molar-refractivity contribution in [1.82, 2.24) is 9.78 Å². The van der Waals surface area contributed by atoms with E-state index in [0.29, 0.717) is 6.04 Å². The van der Waals surface area contributed by atoms with Crippen LogP contribution in [-0.2, 0) is 0 Å². The zero-order valence-corrected chi connectivity index (χ0v) is 13.1. The molecule has 1 aliphatic rings. The van der Waals surface area contributed by atoms with E-state index in [2.05, 4.69) is 64.4 Å². The van der Waals surface area contributed by atoms with Crippen LogP contribution in [0.1, 0.15) is 39.2 Å². The number of fused-ring (bicyclic) bond motifs is 1. The molecule has 18 heavy (non-hydrogen) atoms. The molecule has 2 nitrogen and oxygen atoms in total. The quantitative estimate of drug-likeness (QED) is 0.683. The van der Waals surface area contributed by atoms with Gasteiger partial charge in [-0.2, -0.15) is 5.10 Å². The summed E-state index contributed by atoms with van der Waals surface area (Å²) in [5, 5.41) is 5.90. The molecule has 3 heteroatoms. The molecule has 0 spiro atoms. The maximum absolute atomic E-state index is 4.63.